The van der Waals surface area contributed by atoms with E-state index >= 15 is 0 Å². The summed E-state index contributed by atoms with van der Waals surface area (Å²) in [6.07, 6.45) is 0. The van der Waals surface area contributed by atoms with Crippen LogP contribution in [0.15, 0.2) is 28.7 Å². The molecule has 18 heavy (non-hydrogen) atoms. The summed E-state index contributed by atoms with van der Waals surface area (Å²) in [6.45, 7) is 4.22. The summed E-state index contributed by atoms with van der Waals surface area (Å²) in [5, 5.41) is 15.0. The van der Waals surface area contributed by atoms with E-state index in [-0.39, 0.29) is 31.0 Å². The van der Waals surface area contributed by atoms with Crippen LogP contribution in [0.2, 0.25) is 0 Å². The monoisotopic (exact) mass is 314 g/mol. The molecule has 1 atom stereocenters. The van der Waals surface area contributed by atoms with E-state index in [1.54, 1.807) is 0 Å². The van der Waals surface area contributed by atoms with Crippen molar-refractivity contribution in [2.45, 2.75) is 19.9 Å². The fourth-order valence-electron chi connectivity index (χ4n) is 1.51. The van der Waals surface area contributed by atoms with Gasteiger partial charge in [0.25, 0.3) is 0 Å². The highest BCUT2D eigenvalue weighted by atomic mass is 79.9. The Labute approximate surface area is 116 Å². The number of carbonyl (C=O) groups is 1. The molecule has 0 saturated carbocycles. The van der Waals surface area contributed by atoms with Gasteiger partial charge >= 0.3 is 0 Å². The predicted octanol–water partition coefficient (Wildman–Crippen LogP) is 1.99. The van der Waals surface area contributed by atoms with E-state index in [1.165, 1.54) is 0 Å². The van der Waals surface area contributed by atoms with E-state index in [2.05, 4.69) is 26.6 Å². The Morgan fingerprint density at radius 3 is 2.72 bits per heavy atom. The van der Waals surface area contributed by atoms with Gasteiger partial charge in [0.2, 0.25) is 5.91 Å². The van der Waals surface area contributed by atoms with Crippen LogP contribution in [0.1, 0.15) is 13.8 Å². The maximum absolute atomic E-state index is 11.7. The van der Waals surface area contributed by atoms with Crippen LogP contribution in [-0.2, 0) is 4.79 Å². The Hall–Kier alpha value is -0.910. The first kappa shape index (κ1) is 15.1. The third-order valence-electron chi connectivity index (χ3n) is 2.63. The highest BCUT2D eigenvalue weighted by Crippen LogP contribution is 2.15. The van der Waals surface area contributed by atoms with Gasteiger partial charge in [-0.05, 0) is 24.1 Å². The lowest BCUT2D eigenvalue weighted by molar-refractivity contribution is -0.115. The zero-order chi connectivity index (χ0) is 13.5. The Bertz CT molecular complexity index is 396. The molecule has 1 rings (SSSR count). The normalized spacial score (nSPS) is 12.5. The zero-order valence-electron chi connectivity index (χ0n) is 10.6. The van der Waals surface area contributed by atoms with Crippen LogP contribution in [0.4, 0.5) is 5.69 Å². The molecule has 0 radical (unpaired) electrons. The standard InChI is InChI=1S/C13H19BrN2O2/c1-9(2)12(8-17)15-7-13(18)16-11-5-3-4-10(14)6-11/h3-6,9,12,15,17H,7-8H2,1-2H3,(H,16,18)/t12-/m1/s1. The Morgan fingerprint density at radius 1 is 1.44 bits per heavy atom. The van der Waals surface area contributed by atoms with Gasteiger partial charge in [-0.15, -0.1) is 0 Å². The maximum atomic E-state index is 11.7. The van der Waals surface area contributed by atoms with Crippen LogP contribution >= 0.6 is 15.9 Å². The molecular formula is C13H19BrN2O2. The van der Waals surface area contributed by atoms with Gasteiger partial charge in [-0.3, -0.25) is 4.79 Å². The van der Waals surface area contributed by atoms with Crippen LogP contribution in [0.5, 0.6) is 0 Å². The van der Waals surface area contributed by atoms with Gasteiger partial charge in [0.15, 0.2) is 0 Å². The predicted molar refractivity (Wildman–Crippen MR) is 76.5 cm³/mol. The van der Waals surface area contributed by atoms with Crippen LogP contribution in [0.25, 0.3) is 0 Å². The van der Waals surface area contributed by atoms with Crippen molar-refractivity contribution < 1.29 is 9.90 Å². The third-order valence-corrected chi connectivity index (χ3v) is 3.13. The number of benzene rings is 1. The topological polar surface area (TPSA) is 61.4 Å². The first-order valence-corrected chi connectivity index (χ1v) is 6.72. The van der Waals surface area contributed by atoms with Crippen molar-refractivity contribution >= 4 is 27.5 Å². The summed E-state index contributed by atoms with van der Waals surface area (Å²) < 4.78 is 0.920. The molecule has 1 amide bonds. The third kappa shape index (κ3) is 5.16. The van der Waals surface area contributed by atoms with E-state index in [4.69, 9.17) is 5.11 Å². The number of aliphatic hydroxyl groups excluding tert-OH is 1. The molecule has 0 aliphatic heterocycles. The number of anilines is 1. The molecule has 1 aromatic rings. The lowest BCUT2D eigenvalue weighted by Crippen LogP contribution is -2.41. The molecule has 0 heterocycles. The minimum absolute atomic E-state index is 0.0296. The van der Waals surface area contributed by atoms with Gasteiger partial charge in [-0.2, -0.15) is 0 Å². The van der Waals surface area contributed by atoms with Crippen molar-refractivity contribution in [2.24, 2.45) is 5.92 Å². The second kappa shape index (κ2) is 7.51. The van der Waals surface area contributed by atoms with Crippen molar-refractivity contribution in [2.75, 3.05) is 18.5 Å². The minimum atomic E-state index is -0.118. The number of amides is 1. The van der Waals surface area contributed by atoms with Crippen molar-refractivity contribution in [3.8, 4) is 0 Å². The molecule has 0 aliphatic rings. The molecule has 1 aromatic carbocycles. The molecule has 0 spiro atoms. The number of hydrogen-bond acceptors (Lipinski definition) is 3. The molecule has 0 fully saturated rings. The Morgan fingerprint density at radius 2 is 2.17 bits per heavy atom. The molecule has 5 heteroatoms. The summed E-state index contributed by atoms with van der Waals surface area (Å²) in [7, 11) is 0. The minimum Gasteiger partial charge on any atom is -0.395 e. The quantitative estimate of drug-likeness (QED) is 0.752. The SMILES string of the molecule is CC(C)[C@@H](CO)NCC(=O)Nc1cccc(Br)c1. The van der Waals surface area contributed by atoms with Crippen molar-refractivity contribution in [1.29, 1.82) is 0 Å². The van der Waals surface area contributed by atoms with E-state index < -0.39 is 0 Å². The number of carbonyl (C=O) groups excluding carboxylic acids is 1. The van der Waals surface area contributed by atoms with Crippen LogP contribution in [0, 0.1) is 5.92 Å². The largest absolute Gasteiger partial charge is 0.395 e. The van der Waals surface area contributed by atoms with Gasteiger partial charge < -0.3 is 15.7 Å². The zero-order valence-corrected chi connectivity index (χ0v) is 12.2. The van der Waals surface area contributed by atoms with Crippen molar-refractivity contribution in [3.63, 3.8) is 0 Å². The number of aliphatic hydroxyl groups is 1. The molecule has 4 nitrogen and oxygen atoms in total. The molecular weight excluding hydrogens is 296 g/mol. The molecule has 0 aromatic heterocycles. The number of nitrogens with one attached hydrogen (secondary N) is 2. The van der Waals surface area contributed by atoms with Crippen LogP contribution in [-0.4, -0.2) is 30.2 Å². The first-order chi connectivity index (χ1) is 8.52. The summed E-state index contributed by atoms with van der Waals surface area (Å²) in [5.74, 6) is 0.167. The summed E-state index contributed by atoms with van der Waals surface area (Å²) >= 11 is 3.34. The highest BCUT2D eigenvalue weighted by Gasteiger charge is 2.12. The van der Waals surface area contributed by atoms with Crippen LogP contribution < -0.4 is 10.6 Å². The van der Waals surface area contributed by atoms with E-state index in [9.17, 15) is 4.79 Å². The summed E-state index contributed by atoms with van der Waals surface area (Å²) in [6, 6.07) is 7.36. The van der Waals surface area contributed by atoms with Crippen LogP contribution in [0.3, 0.4) is 0 Å². The smallest absolute Gasteiger partial charge is 0.238 e. The van der Waals surface area contributed by atoms with Gasteiger partial charge in [0.1, 0.15) is 0 Å². The molecule has 100 valence electrons. The van der Waals surface area contributed by atoms with Gasteiger partial charge in [0.05, 0.1) is 13.2 Å². The summed E-state index contributed by atoms with van der Waals surface area (Å²) in [5.41, 5.74) is 0.751. The Balaban J connectivity index is 2.42. The van der Waals surface area contributed by atoms with E-state index in [0.717, 1.165) is 10.2 Å². The average Bonchev–Trinajstić information content (AvgIpc) is 2.29. The molecule has 0 aliphatic carbocycles. The fraction of sp³-hybridized carbons (Fsp3) is 0.462. The molecule has 0 bridgehead atoms. The van der Waals surface area contributed by atoms with Gasteiger partial charge in [0, 0.05) is 16.2 Å². The second-order valence-electron chi connectivity index (χ2n) is 4.47. The number of halogens is 1. The molecule has 0 saturated heterocycles. The first-order valence-electron chi connectivity index (χ1n) is 5.92. The van der Waals surface area contributed by atoms with Gasteiger partial charge in [-0.25, -0.2) is 0 Å². The maximum Gasteiger partial charge on any atom is 0.238 e. The fourth-order valence-corrected chi connectivity index (χ4v) is 1.91. The van der Waals surface area contributed by atoms with Gasteiger partial charge in [-0.1, -0.05) is 35.8 Å². The lowest BCUT2D eigenvalue weighted by Gasteiger charge is -2.19. The van der Waals surface area contributed by atoms with E-state index in [0.29, 0.717) is 0 Å². The number of hydrogen-bond donors (Lipinski definition) is 3. The Kier molecular flexibility index (Phi) is 6.32. The second-order valence-corrected chi connectivity index (χ2v) is 5.39. The molecule has 3 N–H and O–H groups in total. The van der Waals surface area contributed by atoms with E-state index in [1.807, 2.05) is 38.1 Å². The summed E-state index contributed by atoms with van der Waals surface area (Å²) in [4.78, 5) is 11.7. The van der Waals surface area contributed by atoms with Crippen molar-refractivity contribution in [1.82, 2.24) is 5.32 Å². The highest BCUT2D eigenvalue weighted by molar-refractivity contribution is 9.10. The van der Waals surface area contributed by atoms with Crippen molar-refractivity contribution in [3.05, 3.63) is 28.7 Å². The lowest BCUT2D eigenvalue weighted by atomic mass is 10.1. The average molecular weight is 315 g/mol. The molecule has 0 unspecified atom stereocenters. The number of rotatable bonds is 6.